The number of hydrogen-bond donors (Lipinski definition) is 0. The lowest BCUT2D eigenvalue weighted by atomic mass is 10.1. The molecule has 2 heterocycles. The second-order valence-corrected chi connectivity index (χ2v) is 4.75. The van der Waals surface area contributed by atoms with E-state index in [1.165, 1.54) is 0 Å². The molecule has 0 fully saturated rings. The summed E-state index contributed by atoms with van der Waals surface area (Å²) in [5, 5.41) is 8.09. The molecular formula is C13H17N3O2. The summed E-state index contributed by atoms with van der Waals surface area (Å²) in [6, 6.07) is 0. The SMILES string of the molecule is Cc1c(C=O)c(C)n(C)c1-c1nnc(C(C)C)o1. The van der Waals surface area contributed by atoms with Gasteiger partial charge in [0, 0.05) is 24.2 Å². The fourth-order valence-electron chi connectivity index (χ4n) is 2.04. The topological polar surface area (TPSA) is 60.9 Å². The number of nitrogens with zero attached hydrogens (tertiary/aromatic N) is 3. The lowest BCUT2D eigenvalue weighted by Crippen LogP contribution is -1.95. The molecule has 0 spiro atoms. The van der Waals surface area contributed by atoms with Gasteiger partial charge in [-0.1, -0.05) is 13.8 Å². The number of carbonyl (C=O) groups is 1. The minimum Gasteiger partial charge on any atom is -0.419 e. The van der Waals surface area contributed by atoms with E-state index in [9.17, 15) is 4.79 Å². The van der Waals surface area contributed by atoms with Gasteiger partial charge in [0.05, 0.1) is 0 Å². The van der Waals surface area contributed by atoms with Crippen molar-refractivity contribution >= 4 is 6.29 Å². The molecule has 5 heteroatoms. The van der Waals surface area contributed by atoms with Gasteiger partial charge >= 0.3 is 0 Å². The second kappa shape index (κ2) is 4.40. The van der Waals surface area contributed by atoms with Crippen LogP contribution in [-0.4, -0.2) is 21.1 Å². The molecule has 0 unspecified atom stereocenters. The zero-order chi connectivity index (χ0) is 13.4. The molecule has 2 aromatic heterocycles. The molecule has 0 aliphatic rings. The predicted molar refractivity (Wildman–Crippen MR) is 67.7 cm³/mol. The summed E-state index contributed by atoms with van der Waals surface area (Å²) in [6.45, 7) is 7.79. The Morgan fingerprint density at radius 2 is 1.94 bits per heavy atom. The molecule has 2 rings (SSSR count). The van der Waals surface area contributed by atoms with Gasteiger partial charge in [-0.05, 0) is 19.4 Å². The molecule has 5 nitrogen and oxygen atoms in total. The summed E-state index contributed by atoms with van der Waals surface area (Å²) in [5.41, 5.74) is 3.29. The Labute approximate surface area is 106 Å². The first-order valence-corrected chi connectivity index (χ1v) is 5.92. The van der Waals surface area contributed by atoms with Crippen molar-refractivity contribution in [1.29, 1.82) is 0 Å². The molecule has 0 radical (unpaired) electrons. The van der Waals surface area contributed by atoms with Crippen LogP contribution in [0.1, 0.15) is 47.3 Å². The van der Waals surface area contributed by atoms with Crippen molar-refractivity contribution in [2.24, 2.45) is 7.05 Å². The maximum atomic E-state index is 11.1. The van der Waals surface area contributed by atoms with E-state index in [2.05, 4.69) is 10.2 Å². The van der Waals surface area contributed by atoms with E-state index in [0.29, 0.717) is 17.3 Å². The fourth-order valence-corrected chi connectivity index (χ4v) is 2.04. The molecule has 0 amide bonds. The molecule has 0 aromatic carbocycles. The van der Waals surface area contributed by atoms with Crippen molar-refractivity contribution in [3.63, 3.8) is 0 Å². The first kappa shape index (κ1) is 12.5. The number of rotatable bonds is 3. The second-order valence-electron chi connectivity index (χ2n) is 4.75. The summed E-state index contributed by atoms with van der Waals surface area (Å²) < 4.78 is 7.56. The third-order valence-corrected chi connectivity index (χ3v) is 3.24. The lowest BCUT2D eigenvalue weighted by molar-refractivity contribution is 0.112. The predicted octanol–water partition coefficient (Wildman–Crippen LogP) is 2.63. The van der Waals surface area contributed by atoms with Crippen LogP contribution in [0.2, 0.25) is 0 Å². The van der Waals surface area contributed by atoms with Gasteiger partial charge in [-0.2, -0.15) is 0 Å². The monoisotopic (exact) mass is 247 g/mol. The van der Waals surface area contributed by atoms with Gasteiger partial charge in [0.15, 0.2) is 6.29 Å². The van der Waals surface area contributed by atoms with E-state index in [1.807, 2.05) is 39.3 Å². The summed E-state index contributed by atoms with van der Waals surface area (Å²) in [6.07, 6.45) is 0.869. The average molecular weight is 247 g/mol. The van der Waals surface area contributed by atoms with Crippen molar-refractivity contribution in [1.82, 2.24) is 14.8 Å². The van der Waals surface area contributed by atoms with Crippen LogP contribution < -0.4 is 0 Å². The molecule has 2 aromatic rings. The number of hydrogen-bond acceptors (Lipinski definition) is 4. The zero-order valence-electron chi connectivity index (χ0n) is 11.3. The number of aldehydes is 1. The Kier molecular flexibility index (Phi) is 3.07. The molecule has 0 saturated carbocycles. The lowest BCUT2D eigenvalue weighted by Gasteiger charge is -2.01. The Balaban J connectivity index is 2.60. The summed E-state index contributed by atoms with van der Waals surface area (Å²) >= 11 is 0. The maximum absolute atomic E-state index is 11.1. The van der Waals surface area contributed by atoms with E-state index in [4.69, 9.17) is 4.42 Å². The Morgan fingerprint density at radius 3 is 2.39 bits per heavy atom. The van der Waals surface area contributed by atoms with Gasteiger partial charge < -0.3 is 8.98 Å². The minimum absolute atomic E-state index is 0.193. The minimum atomic E-state index is 0.193. The van der Waals surface area contributed by atoms with E-state index in [1.54, 1.807) is 0 Å². The van der Waals surface area contributed by atoms with Crippen molar-refractivity contribution < 1.29 is 9.21 Å². The quantitative estimate of drug-likeness (QED) is 0.782. The van der Waals surface area contributed by atoms with Gasteiger partial charge in [0.2, 0.25) is 5.89 Å². The van der Waals surface area contributed by atoms with Crippen LogP contribution in [0, 0.1) is 13.8 Å². The molecule has 18 heavy (non-hydrogen) atoms. The van der Waals surface area contributed by atoms with Crippen LogP contribution in [0.5, 0.6) is 0 Å². The highest BCUT2D eigenvalue weighted by atomic mass is 16.4. The molecular weight excluding hydrogens is 230 g/mol. The normalized spacial score (nSPS) is 11.2. The van der Waals surface area contributed by atoms with Crippen LogP contribution in [0.15, 0.2) is 4.42 Å². The number of carbonyl (C=O) groups excluding carboxylic acids is 1. The summed E-state index contributed by atoms with van der Waals surface area (Å²) in [5.74, 6) is 1.27. The fraction of sp³-hybridized carbons (Fsp3) is 0.462. The third kappa shape index (κ3) is 1.75. The smallest absolute Gasteiger partial charge is 0.264 e. The molecule has 96 valence electrons. The van der Waals surface area contributed by atoms with Crippen LogP contribution in [0.3, 0.4) is 0 Å². The summed E-state index contributed by atoms with van der Waals surface area (Å²) in [7, 11) is 1.89. The average Bonchev–Trinajstić information content (AvgIpc) is 2.85. The Hall–Kier alpha value is -1.91. The van der Waals surface area contributed by atoms with Gasteiger partial charge in [-0.15, -0.1) is 10.2 Å². The maximum Gasteiger partial charge on any atom is 0.264 e. The van der Waals surface area contributed by atoms with Crippen LogP contribution >= 0.6 is 0 Å². The first-order valence-electron chi connectivity index (χ1n) is 5.92. The first-order chi connectivity index (χ1) is 8.47. The van der Waals surface area contributed by atoms with Crippen LogP contribution in [0.4, 0.5) is 0 Å². The Morgan fingerprint density at radius 1 is 1.28 bits per heavy atom. The van der Waals surface area contributed by atoms with Gasteiger partial charge in [0.1, 0.15) is 5.69 Å². The summed E-state index contributed by atoms with van der Waals surface area (Å²) in [4.78, 5) is 11.1. The third-order valence-electron chi connectivity index (χ3n) is 3.24. The van der Waals surface area contributed by atoms with E-state index in [0.717, 1.165) is 23.2 Å². The van der Waals surface area contributed by atoms with Crippen molar-refractivity contribution in [3.8, 4) is 11.6 Å². The van der Waals surface area contributed by atoms with E-state index < -0.39 is 0 Å². The Bertz CT molecular complexity index is 594. The van der Waals surface area contributed by atoms with Crippen molar-refractivity contribution in [3.05, 3.63) is 22.7 Å². The highest BCUT2D eigenvalue weighted by Crippen LogP contribution is 2.29. The zero-order valence-corrected chi connectivity index (χ0v) is 11.3. The molecule has 0 N–H and O–H groups in total. The molecule has 0 aliphatic carbocycles. The van der Waals surface area contributed by atoms with E-state index in [-0.39, 0.29) is 5.92 Å². The highest BCUT2D eigenvalue weighted by molar-refractivity contribution is 5.83. The van der Waals surface area contributed by atoms with Gasteiger partial charge in [-0.3, -0.25) is 4.79 Å². The molecule has 0 atom stereocenters. The molecule has 0 aliphatic heterocycles. The molecule has 0 saturated heterocycles. The van der Waals surface area contributed by atoms with Crippen LogP contribution in [-0.2, 0) is 7.05 Å². The largest absolute Gasteiger partial charge is 0.419 e. The molecule has 0 bridgehead atoms. The van der Waals surface area contributed by atoms with Crippen molar-refractivity contribution in [2.45, 2.75) is 33.6 Å². The standard InChI is InChI=1S/C13H17N3O2/c1-7(2)12-14-15-13(18-12)11-8(3)10(6-17)9(4)16(11)5/h6-7H,1-5H3. The van der Waals surface area contributed by atoms with Crippen LogP contribution in [0.25, 0.3) is 11.6 Å². The van der Waals surface area contributed by atoms with Crippen molar-refractivity contribution in [2.75, 3.05) is 0 Å². The number of aromatic nitrogens is 3. The van der Waals surface area contributed by atoms with Gasteiger partial charge in [-0.25, -0.2) is 0 Å². The van der Waals surface area contributed by atoms with Gasteiger partial charge in [0.25, 0.3) is 5.89 Å². The highest BCUT2D eigenvalue weighted by Gasteiger charge is 2.21. The van der Waals surface area contributed by atoms with E-state index >= 15 is 0 Å².